The van der Waals surface area contributed by atoms with Gasteiger partial charge in [-0.05, 0) is 24.6 Å². The van der Waals surface area contributed by atoms with Crippen molar-refractivity contribution in [3.63, 3.8) is 0 Å². The summed E-state index contributed by atoms with van der Waals surface area (Å²) in [4.78, 5) is 24.5. The molecule has 0 aliphatic heterocycles. The van der Waals surface area contributed by atoms with E-state index in [0.717, 1.165) is 0 Å². The third-order valence-electron chi connectivity index (χ3n) is 4.43. The predicted octanol–water partition coefficient (Wildman–Crippen LogP) is 1.07. The van der Waals surface area contributed by atoms with Crippen molar-refractivity contribution in [3.8, 4) is 0 Å². The minimum atomic E-state index is -1.41. The molecule has 6 nitrogen and oxygen atoms in total. The SMILES string of the molecule is COC(=O)[C@@H]1[C@H](c2ccc(F)cc2)c2c([nH][nH]c2=O)C[C@@]1(C)O. The van der Waals surface area contributed by atoms with Gasteiger partial charge in [-0.2, -0.15) is 0 Å². The second-order valence-corrected chi connectivity index (χ2v) is 6.04. The molecule has 3 N–H and O–H groups in total. The van der Waals surface area contributed by atoms with Gasteiger partial charge in [-0.25, -0.2) is 4.39 Å². The fourth-order valence-corrected chi connectivity index (χ4v) is 3.41. The van der Waals surface area contributed by atoms with E-state index in [2.05, 4.69) is 10.2 Å². The van der Waals surface area contributed by atoms with E-state index in [9.17, 15) is 19.1 Å². The van der Waals surface area contributed by atoms with E-state index in [0.29, 0.717) is 16.8 Å². The summed E-state index contributed by atoms with van der Waals surface area (Å²) >= 11 is 0. The molecule has 0 fully saturated rings. The monoisotopic (exact) mass is 320 g/mol. The Balaban J connectivity index is 2.24. The molecule has 1 aliphatic carbocycles. The van der Waals surface area contributed by atoms with Crippen LogP contribution in [0.1, 0.15) is 29.7 Å². The van der Waals surface area contributed by atoms with Crippen LogP contribution < -0.4 is 5.56 Å². The number of aromatic amines is 2. The Morgan fingerprint density at radius 1 is 1.35 bits per heavy atom. The van der Waals surface area contributed by atoms with Crippen LogP contribution in [0, 0.1) is 11.7 Å². The van der Waals surface area contributed by atoms with Gasteiger partial charge in [0.05, 0.1) is 18.6 Å². The second-order valence-electron chi connectivity index (χ2n) is 6.04. The molecule has 0 spiro atoms. The summed E-state index contributed by atoms with van der Waals surface area (Å²) < 4.78 is 18.1. The molecule has 0 bridgehead atoms. The van der Waals surface area contributed by atoms with Crippen molar-refractivity contribution in [2.24, 2.45) is 5.92 Å². The molecule has 1 aromatic heterocycles. The van der Waals surface area contributed by atoms with Crippen LogP contribution in [-0.4, -0.2) is 34.0 Å². The molecule has 122 valence electrons. The highest BCUT2D eigenvalue weighted by Crippen LogP contribution is 2.44. The van der Waals surface area contributed by atoms with Crippen molar-refractivity contribution in [1.29, 1.82) is 0 Å². The highest BCUT2D eigenvalue weighted by atomic mass is 19.1. The van der Waals surface area contributed by atoms with Crippen LogP contribution in [0.2, 0.25) is 0 Å². The number of carbonyl (C=O) groups excluding carboxylic acids is 1. The summed E-state index contributed by atoms with van der Waals surface area (Å²) in [6.45, 7) is 1.53. The smallest absolute Gasteiger partial charge is 0.312 e. The lowest BCUT2D eigenvalue weighted by Crippen LogP contribution is -2.49. The summed E-state index contributed by atoms with van der Waals surface area (Å²) in [5.41, 5.74) is -0.301. The Hall–Kier alpha value is -2.41. The Morgan fingerprint density at radius 2 is 2.00 bits per heavy atom. The summed E-state index contributed by atoms with van der Waals surface area (Å²) in [7, 11) is 1.23. The number of hydrogen-bond donors (Lipinski definition) is 3. The molecule has 1 aliphatic rings. The van der Waals surface area contributed by atoms with Crippen LogP contribution >= 0.6 is 0 Å². The van der Waals surface area contributed by atoms with Crippen LogP contribution in [0.25, 0.3) is 0 Å². The zero-order valence-corrected chi connectivity index (χ0v) is 12.7. The van der Waals surface area contributed by atoms with Crippen LogP contribution in [-0.2, 0) is 16.0 Å². The average molecular weight is 320 g/mol. The third kappa shape index (κ3) is 2.46. The van der Waals surface area contributed by atoms with E-state index >= 15 is 0 Å². The quantitative estimate of drug-likeness (QED) is 0.721. The van der Waals surface area contributed by atoms with E-state index in [1.165, 1.54) is 38.3 Å². The van der Waals surface area contributed by atoms with Crippen molar-refractivity contribution in [2.75, 3.05) is 7.11 Å². The largest absolute Gasteiger partial charge is 0.469 e. The number of nitrogens with one attached hydrogen (secondary N) is 2. The van der Waals surface area contributed by atoms with Crippen LogP contribution in [0.3, 0.4) is 0 Å². The first-order chi connectivity index (χ1) is 10.8. The molecule has 0 saturated carbocycles. The van der Waals surface area contributed by atoms with Gasteiger partial charge in [0.1, 0.15) is 5.82 Å². The summed E-state index contributed by atoms with van der Waals surface area (Å²) in [5.74, 6) is -2.73. The maximum Gasteiger partial charge on any atom is 0.312 e. The number of esters is 1. The van der Waals surface area contributed by atoms with Crippen LogP contribution in [0.4, 0.5) is 4.39 Å². The predicted molar refractivity (Wildman–Crippen MR) is 79.5 cm³/mol. The lowest BCUT2D eigenvalue weighted by atomic mass is 9.66. The Kier molecular flexibility index (Phi) is 3.60. The standard InChI is InChI=1S/C16H17FN2O4/c1-16(22)7-10-12(14(20)19-18-10)11(13(16)15(21)23-2)8-3-5-9(17)6-4-8/h3-6,11,13,22H,7H2,1-2H3,(H2,18,19,20)/t11-,13+,16-/m1/s1. The minimum absolute atomic E-state index is 0.110. The topological polar surface area (TPSA) is 95.2 Å². The van der Waals surface area contributed by atoms with E-state index in [1.807, 2.05) is 0 Å². The van der Waals surface area contributed by atoms with Crippen molar-refractivity contribution in [3.05, 3.63) is 57.3 Å². The third-order valence-corrected chi connectivity index (χ3v) is 4.43. The maximum absolute atomic E-state index is 13.2. The highest BCUT2D eigenvalue weighted by Gasteiger charge is 2.51. The number of ether oxygens (including phenoxy) is 1. The van der Waals surface area contributed by atoms with Gasteiger partial charge in [-0.3, -0.25) is 14.7 Å². The van der Waals surface area contributed by atoms with Crippen LogP contribution in [0.15, 0.2) is 29.1 Å². The van der Waals surface area contributed by atoms with Gasteiger partial charge in [-0.1, -0.05) is 12.1 Å². The number of H-pyrrole nitrogens is 2. The zero-order chi connectivity index (χ0) is 16.8. The van der Waals surface area contributed by atoms with Gasteiger partial charge in [-0.15, -0.1) is 0 Å². The zero-order valence-electron chi connectivity index (χ0n) is 12.7. The number of carbonyl (C=O) groups is 1. The molecule has 0 unspecified atom stereocenters. The Labute approximate surface area is 131 Å². The van der Waals surface area contributed by atoms with E-state index < -0.39 is 29.2 Å². The maximum atomic E-state index is 13.2. The second kappa shape index (κ2) is 5.34. The number of halogens is 1. The van der Waals surface area contributed by atoms with E-state index in [1.54, 1.807) is 0 Å². The van der Waals surface area contributed by atoms with Crippen molar-refractivity contribution < 1.29 is 19.0 Å². The number of benzene rings is 1. The van der Waals surface area contributed by atoms with Crippen molar-refractivity contribution in [2.45, 2.75) is 24.9 Å². The number of aliphatic hydroxyl groups is 1. The van der Waals surface area contributed by atoms with E-state index in [-0.39, 0.29) is 12.0 Å². The molecule has 3 rings (SSSR count). The van der Waals surface area contributed by atoms with Gasteiger partial charge in [0.2, 0.25) is 0 Å². The average Bonchev–Trinajstić information content (AvgIpc) is 2.85. The molecule has 3 atom stereocenters. The molecule has 2 aromatic rings. The van der Waals surface area contributed by atoms with Crippen LogP contribution in [0.5, 0.6) is 0 Å². The first-order valence-electron chi connectivity index (χ1n) is 7.20. The molecule has 0 amide bonds. The lowest BCUT2D eigenvalue weighted by Gasteiger charge is -2.40. The van der Waals surface area contributed by atoms with Gasteiger partial charge >= 0.3 is 5.97 Å². The van der Waals surface area contributed by atoms with Crippen molar-refractivity contribution >= 4 is 5.97 Å². The van der Waals surface area contributed by atoms with Gasteiger partial charge in [0, 0.05) is 23.6 Å². The highest BCUT2D eigenvalue weighted by molar-refractivity contribution is 5.77. The Bertz CT molecular complexity index is 791. The number of hydrogen-bond acceptors (Lipinski definition) is 4. The summed E-state index contributed by atoms with van der Waals surface area (Å²) in [6.07, 6.45) is 0.110. The normalized spacial score (nSPS) is 26.6. The van der Waals surface area contributed by atoms with E-state index in [4.69, 9.17) is 4.74 Å². The number of rotatable bonds is 2. The van der Waals surface area contributed by atoms with Gasteiger partial charge < -0.3 is 14.9 Å². The Morgan fingerprint density at radius 3 is 2.61 bits per heavy atom. The summed E-state index contributed by atoms with van der Waals surface area (Å²) in [5, 5.41) is 16.0. The fraction of sp³-hybridized carbons (Fsp3) is 0.375. The molecule has 7 heteroatoms. The molecular weight excluding hydrogens is 303 g/mol. The molecule has 0 radical (unpaired) electrons. The molecular formula is C16H17FN2O4. The summed E-state index contributed by atoms with van der Waals surface area (Å²) in [6, 6.07) is 5.53. The molecule has 0 saturated heterocycles. The lowest BCUT2D eigenvalue weighted by molar-refractivity contribution is -0.156. The fourth-order valence-electron chi connectivity index (χ4n) is 3.41. The molecule has 23 heavy (non-hydrogen) atoms. The molecule has 1 heterocycles. The van der Waals surface area contributed by atoms with Crippen molar-refractivity contribution in [1.82, 2.24) is 10.2 Å². The minimum Gasteiger partial charge on any atom is -0.469 e. The van der Waals surface area contributed by atoms with Gasteiger partial charge in [0.15, 0.2) is 0 Å². The first kappa shape index (κ1) is 15.5. The van der Waals surface area contributed by atoms with Gasteiger partial charge in [0.25, 0.3) is 5.56 Å². The number of methoxy groups -OCH3 is 1. The number of fused-ring (bicyclic) bond motifs is 1. The number of aromatic nitrogens is 2. The molecule has 1 aromatic carbocycles. The first-order valence-corrected chi connectivity index (χ1v) is 7.20.